The minimum absolute atomic E-state index is 0.164. The number of rotatable bonds is 10. The van der Waals surface area contributed by atoms with Gasteiger partial charge in [0.1, 0.15) is 6.61 Å². The summed E-state index contributed by atoms with van der Waals surface area (Å²) in [5, 5.41) is 15.3. The zero-order valence-electron chi connectivity index (χ0n) is 19.5. The number of hydrogen-bond donors (Lipinski definition) is 1. The van der Waals surface area contributed by atoms with Crippen molar-refractivity contribution in [1.29, 1.82) is 0 Å². The summed E-state index contributed by atoms with van der Waals surface area (Å²) in [6, 6.07) is 18.5. The molecule has 0 aliphatic carbocycles. The second-order valence-electron chi connectivity index (χ2n) is 6.22. The maximum absolute atomic E-state index is 12.5. The third-order valence-electron chi connectivity index (χ3n) is 4.05. The second-order valence-corrected chi connectivity index (χ2v) is 6.22. The first-order chi connectivity index (χ1) is 16.2. The lowest BCUT2D eigenvalue weighted by Crippen LogP contribution is -2.24. The fourth-order valence-electron chi connectivity index (χ4n) is 2.64. The maximum atomic E-state index is 12.5. The Hall–Kier alpha value is -3.56. The highest BCUT2D eigenvalue weighted by atomic mass is 17.2. The predicted molar refractivity (Wildman–Crippen MR) is 125 cm³/mol. The van der Waals surface area contributed by atoms with Gasteiger partial charge in [-0.25, -0.2) is 14.5 Å². The van der Waals surface area contributed by atoms with Gasteiger partial charge in [-0.15, -0.1) is 5.10 Å². The van der Waals surface area contributed by atoms with E-state index in [1.165, 1.54) is 7.11 Å². The Morgan fingerprint density at radius 3 is 2.27 bits per heavy atom. The average molecular weight is 457 g/mol. The van der Waals surface area contributed by atoms with E-state index in [4.69, 9.17) is 9.84 Å². The Bertz CT molecular complexity index is 917. The zero-order valence-corrected chi connectivity index (χ0v) is 19.5. The van der Waals surface area contributed by atoms with Gasteiger partial charge in [-0.05, 0) is 11.1 Å². The van der Waals surface area contributed by atoms with Crippen LogP contribution in [0.5, 0.6) is 0 Å². The van der Waals surface area contributed by atoms with E-state index >= 15 is 0 Å². The highest BCUT2D eigenvalue weighted by molar-refractivity contribution is 5.77. The number of aliphatic hydroxyl groups is 1. The molecule has 1 aromatic heterocycles. The second kappa shape index (κ2) is 17.0. The lowest BCUT2D eigenvalue weighted by Gasteiger charge is -2.11. The fraction of sp³-hybridized carbons (Fsp3) is 0.333. The van der Waals surface area contributed by atoms with Gasteiger partial charge in [0.2, 0.25) is 6.40 Å². The molecule has 3 aromatic rings. The summed E-state index contributed by atoms with van der Waals surface area (Å²) in [6.07, 6.45) is 3.09. The first-order valence-electron chi connectivity index (χ1n) is 10.5. The van der Waals surface area contributed by atoms with E-state index in [0.717, 1.165) is 24.6 Å². The van der Waals surface area contributed by atoms with Gasteiger partial charge in [0, 0.05) is 19.7 Å². The van der Waals surface area contributed by atoms with Crippen molar-refractivity contribution in [2.75, 3.05) is 14.2 Å². The van der Waals surface area contributed by atoms with Crippen LogP contribution in [0.4, 0.5) is 0 Å². The molecule has 1 atom stereocenters. The lowest BCUT2D eigenvalue weighted by atomic mass is 10.2. The van der Waals surface area contributed by atoms with Gasteiger partial charge in [-0.3, -0.25) is 0 Å². The van der Waals surface area contributed by atoms with Crippen molar-refractivity contribution in [3.05, 3.63) is 83.7 Å². The van der Waals surface area contributed by atoms with Crippen LogP contribution in [0.2, 0.25) is 0 Å². The molecule has 9 nitrogen and oxygen atoms in total. The number of aliphatic imine (C=N–C) groups is 1. The number of hydrogen-bond acceptors (Lipinski definition) is 8. The average Bonchev–Trinajstić information content (AvgIpc) is 3.32. The van der Waals surface area contributed by atoms with E-state index < -0.39 is 12.0 Å². The molecular weight excluding hydrogens is 424 g/mol. The van der Waals surface area contributed by atoms with E-state index in [1.807, 2.05) is 74.5 Å². The number of benzene rings is 2. The van der Waals surface area contributed by atoms with Crippen molar-refractivity contribution in [2.24, 2.45) is 4.99 Å². The molecule has 0 amide bonds. The van der Waals surface area contributed by atoms with Crippen LogP contribution < -0.4 is 0 Å². The summed E-state index contributed by atoms with van der Waals surface area (Å²) in [6.45, 7) is 4.75. The first-order valence-corrected chi connectivity index (χ1v) is 10.5. The minimum atomic E-state index is -0.823. The molecule has 1 N–H and O–H groups in total. The topological polar surface area (TPSA) is 108 Å². The van der Waals surface area contributed by atoms with Crippen molar-refractivity contribution in [3.63, 3.8) is 0 Å². The van der Waals surface area contributed by atoms with Crippen LogP contribution in [0.15, 0.2) is 71.9 Å². The molecule has 0 aliphatic heterocycles. The molecular formula is C24H32N4O5. The van der Waals surface area contributed by atoms with Crippen molar-refractivity contribution in [2.45, 2.75) is 39.5 Å². The van der Waals surface area contributed by atoms with E-state index in [0.29, 0.717) is 12.2 Å². The third-order valence-corrected chi connectivity index (χ3v) is 4.05. The summed E-state index contributed by atoms with van der Waals surface area (Å²) < 4.78 is 7.11. The standard InChI is InChI=1S/C21H22N4O4.C2H6.CH4O/c1-27-29-16-22-20(21(26)28-15-18-10-6-3-7-11-18)12-19-14-25(24-23-19)13-17-8-4-2-5-9-17;2*1-2/h2-11,14,16,20H,12-13,15H2,1H3;1-2H3;2H,1H3/t20-;;/m0../s1. The van der Waals surface area contributed by atoms with Gasteiger partial charge in [-0.1, -0.05) is 79.7 Å². The van der Waals surface area contributed by atoms with Crippen LogP contribution in [-0.2, 0) is 38.9 Å². The molecule has 178 valence electrons. The van der Waals surface area contributed by atoms with E-state index in [1.54, 1.807) is 10.9 Å². The van der Waals surface area contributed by atoms with Gasteiger partial charge < -0.3 is 14.7 Å². The van der Waals surface area contributed by atoms with Crippen LogP contribution in [0.3, 0.4) is 0 Å². The van der Waals surface area contributed by atoms with Gasteiger partial charge in [0.25, 0.3) is 0 Å². The molecule has 33 heavy (non-hydrogen) atoms. The molecule has 0 fully saturated rings. The predicted octanol–water partition coefficient (Wildman–Crippen LogP) is 3.22. The van der Waals surface area contributed by atoms with Gasteiger partial charge >= 0.3 is 5.97 Å². The highest BCUT2D eigenvalue weighted by Gasteiger charge is 2.21. The zero-order chi connectivity index (χ0) is 24.3. The molecule has 0 bridgehead atoms. The van der Waals surface area contributed by atoms with Crippen molar-refractivity contribution in [3.8, 4) is 0 Å². The number of aliphatic hydroxyl groups excluding tert-OH is 1. The molecule has 2 aromatic carbocycles. The third kappa shape index (κ3) is 10.5. The summed E-state index contributed by atoms with van der Waals surface area (Å²) in [7, 11) is 2.35. The van der Waals surface area contributed by atoms with Crippen LogP contribution in [0.25, 0.3) is 0 Å². The van der Waals surface area contributed by atoms with Crippen molar-refractivity contribution >= 4 is 12.4 Å². The molecule has 9 heteroatoms. The van der Waals surface area contributed by atoms with Gasteiger partial charge in [0.15, 0.2) is 6.04 Å². The largest absolute Gasteiger partial charge is 0.459 e. The van der Waals surface area contributed by atoms with Crippen molar-refractivity contribution in [1.82, 2.24) is 15.0 Å². The summed E-state index contributed by atoms with van der Waals surface area (Å²) in [4.78, 5) is 25.8. The Balaban J connectivity index is 0.00000129. The van der Waals surface area contributed by atoms with E-state index in [9.17, 15) is 4.79 Å². The Labute approximate surface area is 194 Å². The first kappa shape index (κ1) is 27.5. The highest BCUT2D eigenvalue weighted by Crippen LogP contribution is 2.09. The molecule has 0 radical (unpaired) electrons. The number of nitrogens with zero attached hydrogens (tertiary/aromatic N) is 4. The molecule has 0 aliphatic rings. The minimum Gasteiger partial charge on any atom is -0.459 e. The number of ether oxygens (including phenoxy) is 1. The monoisotopic (exact) mass is 456 g/mol. The van der Waals surface area contributed by atoms with Gasteiger partial charge in [-0.2, -0.15) is 4.89 Å². The number of carbonyl (C=O) groups is 1. The SMILES string of the molecule is CC.CO.COOC=N[C@@H](Cc1cn(Cc2ccccc2)nn1)C(=O)OCc1ccccc1. The van der Waals surface area contributed by atoms with Crippen molar-refractivity contribution < 1.29 is 24.4 Å². The summed E-state index contributed by atoms with van der Waals surface area (Å²) in [5.41, 5.74) is 2.62. The fourth-order valence-corrected chi connectivity index (χ4v) is 2.64. The summed E-state index contributed by atoms with van der Waals surface area (Å²) >= 11 is 0. The quantitative estimate of drug-likeness (QED) is 0.164. The maximum Gasteiger partial charge on any atom is 0.331 e. The molecule has 0 unspecified atom stereocenters. The lowest BCUT2D eigenvalue weighted by molar-refractivity contribution is -0.188. The number of aromatic nitrogens is 3. The molecule has 0 spiro atoms. The van der Waals surface area contributed by atoms with E-state index in [2.05, 4.69) is 25.1 Å². The van der Waals surface area contributed by atoms with Crippen LogP contribution >= 0.6 is 0 Å². The number of carbonyl (C=O) groups excluding carboxylic acids is 1. The summed E-state index contributed by atoms with van der Waals surface area (Å²) in [5.74, 6) is -0.484. The van der Waals surface area contributed by atoms with E-state index in [-0.39, 0.29) is 13.0 Å². The molecule has 3 rings (SSSR count). The Morgan fingerprint density at radius 1 is 1.06 bits per heavy atom. The smallest absolute Gasteiger partial charge is 0.331 e. The van der Waals surface area contributed by atoms with Crippen LogP contribution in [0.1, 0.15) is 30.7 Å². The Kier molecular flexibility index (Phi) is 14.2. The normalized spacial score (nSPS) is 10.9. The molecule has 0 saturated heterocycles. The molecule has 1 heterocycles. The van der Waals surface area contributed by atoms with Gasteiger partial charge in [0.05, 0.1) is 19.3 Å². The number of esters is 1. The Morgan fingerprint density at radius 2 is 1.67 bits per heavy atom. The molecule has 0 saturated carbocycles. The van der Waals surface area contributed by atoms with Crippen LogP contribution in [0, 0.1) is 0 Å². The van der Waals surface area contributed by atoms with Crippen LogP contribution in [-0.4, -0.2) is 52.7 Å².